The molecule has 0 aromatic carbocycles. The quantitative estimate of drug-likeness (QED) is 0.437. The smallest absolute Gasteiger partial charge is 0.394 e. The first-order chi connectivity index (χ1) is 7.00. The molecule has 1 heterocycles. The Labute approximate surface area is 90.2 Å². The Morgan fingerprint density at radius 2 is 2.00 bits per heavy atom. The van der Waals surface area contributed by atoms with E-state index >= 15 is 0 Å². The molecule has 0 amide bonds. The number of quaternary nitrogens is 1. The molecule has 2 atom stereocenters. The summed E-state index contributed by atoms with van der Waals surface area (Å²) in [6.45, 7) is 5.93. The van der Waals surface area contributed by atoms with Gasteiger partial charge >= 0.3 is 7.60 Å². The summed E-state index contributed by atoms with van der Waals surface area (Å²) in [5, 5.41) is 10.5. The maximum Gasteiger partial charge on any atom is 0.394 e. The van der Waals surface area contributed by atoms with Gasteiger partial charge in [0.05, 0.1) is 19.8 Å². The van der Waals surface area contributed by atoms with Crippen molar-refractivity contribution in [3.8, 4) is 0 Å². The van der Waals surface area contributed by atoms with E-state index in [-0.39, 0.29) is 18.3 Å². The molecule has 5 nitrogen and oxygen atoms in total. The summed E-state index contributed by atoms with van der Waals surface area (Å²) in [6, 6.07) is 0. The molecule has 0 saturated carbocycles. The second-order valence-electron chi connectivity index (χ2n) is 3.51. The lowest BCUT2D eigenvalue weighted by Gasteiger charge is -2.38. The van der Waals surface area contributed by atoms with E-state index in [0.717, 1.165) is 0 Å². The zero-order valence-corrected chi connectivity index (χ0v) is 10.3. The van der Waals surface area contributed by atoms with Gasteiger partial charge in [0.15, 0.2) is 0 Å². The van der Waals surface area contributed by atoms with Gasteiger partial charge in [-0.3, -0.25) is 4.57 Å². The minimum absolute atomic E-state index is 0.104. The van der Waals surface area contributed by atoms with Gasteiger partial charge in [0.1, 0.15) is 0 Å². The molecule has 0 radical (unpaired) electrons. The van der Waals surface area contributed by atoms with Crippen molar-refractivity contribution in [2.75, 3.05) is 19.8 Å². The molecule has 0 aromatic rings. The minimum atomic E-state index is -3.37. The van der Waals surface area contributed by atoms with E-state index in [1.165, 1.54) is 0 Å². The summed E-state index contributed by atoms with van der Waals surface area (Å²) < 4.78 is 22.8. The topological polar surface area (TPSA) is 63.0 Å². The van der Waals surface area contributed by atoms with Crippen molar-refractivity contribution in [1.29, 1.82) is 0 Å². The molecule has 1 rings (SSSR count). The van der Waals surface area contributed by atoms with Crippen LogP contribution in [0.25, 0.3) is 0 Å². The number of hydroxylamine groups is 2. The van der Waals surface area contributed by atoms with E-state index in [2.05, 4.69) is 0 Å². The lowest BCUT2D eigenvalue weighted by atomic mass is 10.3. The Morgan fingerprint density at radius 3 is 2.33 bits per heavy atom. The third kappa shape index (κ3) is 2.17. The van der Waals surface area contributed by atoms with Crippen molar-refractivity contribution in [2.45, 2.75) is 26.1 Å². The van der Waals surface area contributed by atoms with Gasteiger partial charge in [0, 0.05) is 6.92 Å². The highest BCUT2D eigenvalue weighted by atomic mass is 31.2. The SMILES string of the molecule is CCOP(=O)(OCC)C1(C)C=CC[NH+]1[O-]. The molecular formula is C9H18NO4P. The zero-order chi connectivity index (χ0) is 11.5. The van der Waals surface area contributed by atoms with Crippen LogP contribution in [0.1, 0.15) is 20.8 Å². The Hall–Kier alpha value is -0.190. The Balaban J connectivity index is 2.97. The summed E-state index contributed by atoms with van der Waals surface area (Å²) in [4.78, 5) is 0. The molecule has 0 aromatic heterocycles. The van der Waals surface area contributed by atoms with Crippen LogP contribution in [0.3, 0.4) is 0 Å². The lowest BCUT2D eigenvalue weighted by molar-refractivity contribution is -0.867. The highest BCUT2D eigenvalue weighted by molar-refractivity contribution is 7.55. The molecule has 0 bridgehead atoms. The molecular weight excluding hydrogens is 217 g/mol. The Bertz CT molecular complexity index is 284. The molecule has 0 fully saturated rings. The van der Waals surface area contributed by atoms with Gasteiger partial charge in [-0.15, -0.1) is 0 Å². The third-order valence-electron chi connectivity index (χ3n) is 2.48. The van der Waals surface area contributed by atoms with E-state index in [4.69, 9.17) is 9.05 Å². The van der Waals surface area contributed by atoms with Gasteiger partial charge in [0.25, 0.3) is 0 Å². The van der Waals surface area contributed by atoms with Gasteiger partial charge in [0.2, 0.25) is 5.28 Å². The predicted molar refractivity (Wildman–Crippen MR) is 57.6 cm³/mol. The van der Waals surface area contributed by atoms with Crippen molar-refractivity contribution < 1.29 is 18.7 Å². The van der Waals surface area contributed by atoms with E-state index in [9.17, 15) is 9.77 Å². The summed E-state index contributed by atoms with van der Waals surface area (Å²) in [5.74, 6) is 0. The van der Waals surface area contributed by atoms with Crippen LogP contribution in [0.15, 0.2) is 12.2 Å². The summed E-state index contributed by atoms with van der Waals surface area (Å²) >= 11 is 0. The van der Waals surface area contributed by atoms with Gasteiger partial charge < -0.3 is 19.3 Å². The average molecular weight is 235 g/mol. The highest BCUT2D eigenvalue weighted by Gasteiger charge is 2.52. The van der Waals surface area contributed by atoms with Crippen LogP contribution in [-0.4, -0.2) is 25.0 Å². The van der Waals surface area contributed by atoms with E-state index < -0.39 is 12.9 Å². The van der Waals surface area contributed by atoms with Gasteiger partial charge in [-0.2, -0.15) is 0 Å². The van der Waals surface area contributed by atoms with E-state index in [0.29, 0.717) is 6.54 Å². The molecule has 88 valence electrons. The molecule has 15 heavy (non-hydrogen) atoms. The van der Waals surface area contributed by atoms with Crippen LogP contribution < -0.4 is 5.06 Å². The molecule has 6 heteroatoms. The summed E-state index contributed by atoms with van der Waals surface area (Å²) in [5.41, 5.74) is 0. The van der Waals surface area contributed by atoms with Crippen molar-refractivity contribution in [1.82, 2.24) is 0 Å². The first-order valence-electron chi connectivity index (χ1n) is 5.10. The summed E-state index contributed by atoms with van der Waals surface area (Å²) in [6.07, 6.45) is 3.36. The number of hydrogen-bond donors (Lipinski definition) is 1. The van der Waals surface area contributed by atoms with E-state index in [1.54, 1.807) is 32.9 Å². The first kappa shape index (κ1) is 12.9. The standard InChI is InChI=1S/C9H18NO4P/c1-4-13-15(12,14-5-2)9(3)7-6-8-10(9)11/h6-7,10H,4-5,8H2,1-3H3. The van der Waals surface area contributed by atoms with Crippen LogP contribution in [0.4, 0.5) is 0 Å². The molecule has 0 saturated heterocycles. The van der Waals surface area contributed by atoms with Crippen LogP contribution in [-0.2, 0) is 13.6 Å². The fraction of sp³-hybridized carbons (Fsp3) is 0.778. The van der Waals surface area contributed by atoms with Crippen LogP contribution in [0, 0.1) is 5.21 Å². The molecule has 1 N–H and O–H groups in total. The van der Waals surface area contributed by atoms with Crippen molar-refractivity contribution in [2.24, 2.45) is 0 Å². The monoisotopic (exact) mass is 235 g/mol. The predicted octanol–water partition coefficient (Wildman–Crippen LogP) is 0.921. The fourth-order valence-corrected chi connectivity index (χ4v) is 3.56. The van der Waals surface area contributed by atoms with Crippen molar-refractivity contribution >= 4 is 7.60 Å². The van der Waals surface area contributed by atoms with Crippen LogP contribution in [0.5, 0.6) is 0 Å². The van der Waals surface area contributed by atoms with Gasteiger partial charge in [-0.05, 0) is 26.0 Å². The fourth-order valence-electron chi connectivity index (χ4n) is 1.58. The lowest BCUT2D eigenvalue weighted by Crippen LogP contribution is -3.13. The number of hydrogen-bond acceptors (Lipinski definition) is 4. The Morgan fingerprint density at radius 1 is 1.47 bits per heavy atom. The maximum absolute atomic E-state index is 12.4. The molecule has 2 unspecified atom stereocenters. The van der Waals surface area contributed by atoms with Crippen molar-refractivity contribution in [3.63, 3.8) is 0 Å². The number of nitrogens with one attached hydrogen (secondary N) is 1. The second-order valence-corrected chi connectivity index (χ2v) is 5.95. The normalized spacial score (nSPS) is 31.1. The molecule has 0 aliphatic carbocycles. The third-order valence-corrected chi connectivity index (χ3v) is 5.21. The second kappa shape index (κ2) is 4.76. The number of rotatable bonds is 5. The van der Waals surface area contributed by atoms with E-state index in [1.807, 2.05) is 0 Å². The average Bonchev–Trinajstić information content (AvgIpc) is 2.49. The highest BCUT2D eigenvalue weighted by Crippen LogP contribution is 2.58. The molecule has 0 spiro atoms. The van der Waals surface area contributed by atoms with Crippen LogP contribution >= 0.6 is 7.60 Å². The van der Waals surface area contributed by atoms with Gasteiger partial charge in [-0.1, -0.05) is 0 Å². The molecule has 1 aliphatic heterocycles. The Kier molecular flexibility index (Phi) is 4.09. The largest absolute Gasteiger partial charge is 0.633 e. The summed E-state index contributed by atoms with van der Waals surface area (Å²) in [7, 11) is -3.37. The maximum atomic E-state index is 12.4. The zero-order valence-electron chi connectivity index (χ0n) is 9.36. The van der Waals surface area contributed by atoms with Crippen molar-refractivity contribution in [3.05, 3.63) is 17.4 Å². The van der Waals surface area contributed by atoms with Gasteiger partial charge in [-0.25, -0.2) is 0 Å². The minimum Gasteiger partial charge on any atom is -0.633 e. The molecule has 1 aliphatic rings. The van der Waals surface area contributed by atoms with Crippen LogP contribution in [0.2, 0.25) is 0 Å². The first-order valence-corrected chi connectivity index (χ1v) is 6.64.